The summed E-state index contributed by atoms with van der Waals surface area (Å²) in [5.74, 6) is 1.03. The minimum absolute atomic E-state index is 0.386. The van der Waals surface area contributed by atoms with Crippen LogP contribution in [-0.2, 0) is 0 Å². The Morgan fingerprint density at radius 1 is 1.35 bits per heavy atom. The highest BCUT2D eigenvalue weighted by molar-refractivity contribution is 9.10. The number of halogens is 1. The Morgan fingerprint density at radius 2 is 2.06 bits per heavy atom. The standard InChI is InChI=1S/C11H11BrN2O2S/c1-7(15)6-17-11-14-13-10(16-11)8-2-4-9(12)5-3-8/h2-5,7,15H,6H2,1H3. The molecule has 0 saturated heterocycles. The summed E-state index contributed by atoms with van der Waals surface area (Å²) in [6.45, 7) is 1.72. The maximum Gasteiger partial charge on any atom is 0.276 e. The molecular formula is C11H11BrN2O2S. The fourth-order valence-corrected chi connectivity index (χ4v) is 2.05. The number of benzene rings is 1. The number of aliphatic hydroxyl groups is 1. The molecule has 2 rings (SSSR count). The Labute approximate surface area is 112 Å². The Kier molecular flexibility index (Phi) is 4.20. The quantitative estimate of drug-likeness (QED) is 0.879. The summed E-state index contributed by atoms with van der Waals surface area (Å²) in [4.78, 5) is 0. The van der Waals surface area contributed by atoms with Gasteiger partial charge in [0.25, 0.3) is 5.22 Å². The lowest BCUT2D eigenvalue weighted by atomic mass is 10.2. The van der Waals surface area contributed by atoms with E-state index < -0.39 is 0 Å². The predicted octanol–water partition coefficient (Wildman–Crippen LogP) is 2.97. The Balaban J connectivity index is 2.10. The monoisotopic (exact) mass is 314 g/mol. The van der Waals surface area contributed by atoms with E-state index in [0.29, 0.717) is 16.9 Å². The molecule has 1 atom stereocenters. The average Bonchev–Trinajstić information content (AvgIpc) is 2.76. The Hall–Kier alpha value is -0.850. The van der Waals surface area contributed by atoms with Gasteiger partial charge < -0.3 is 9.52 Å². The van der Waals surface area contributed by atoms with Crippen molar-refractivity contribution in [2.75, 3.05) is 5.75 Å². The predicted molar refractivity (Wildman–Crippen MR) is 69.8 cm³/mol. The molecule has 0 radical (unpaired) electrons. The number of thioether (sulfide) groups is 1. The molecule has 0 bridgehead atoms. The molecule has 0 saturated carbocycles. The van der Waals surface area contributed by atoms with Gasteiger partial charge in [0, 0.05) is 15.8 Å². The van der Waals surface area contributed by atoms with Gasteiger partial charge in [-0.05, 0) is 31.2 Å². The molecule has 0 amide bonds. The van der Waals surface area contributed by atoms with Crippen molar-refractivity contribution in [3.8, 4) is 11.5 Å². The molecule has 0 aliphatic rings. The summed E-state index contributed by atoms with van der Waals surface area (Å²) < 4.78 is 6.48. The van der Waals surface area contributed by atoms with E-state index in [1.54, 1.807) is 6.92 Å². The van der Waals surface area contributed by atoms with Gasteiger partial charge in [-0.3, -0.25) is 0 Å². The van der Waals surface area contributed by atoms with Gasteiger partial charge in [-0.25, -0.2) is 0 Å². The van der Waals surface area contributed by atoms with E-state index in [9.17, 15) is 0 Å². The van der Waals surface area contributed by atoms with Crippen LogP contribution in [0, 0.1) is 0 Å². The maximum atomic E-state index is 9.15. The van der Waals surface area contributed by atoms with Crippen LogP contribution in [0.25, 0.3) is 11.5 Å². The van der Waals surface area contributed by atoms with E-state index >= 15 is 0 Å². The molecule has 1 heterocycles. The zero-order valence-corrected chi connectivity index (χ0v) is 11.5. The number of hydrogen-bond donors (Lipinski definition) is 1. The van der Waals surface area contributed by atoms with Crippen molar-refractivity contribution < 1.29 is 9.52 Å². The summed E-state index contributed by atoms with van der Waals surface area (Å²) in [5, 5.41) is 17.5. The topological polar surface area (TPSA) is 59.2 Å². The molecule has 6 heteroatoms. The summed E-state index contributed by atoms with van der Waals surface area (Å²) in [5.41, 5.74) is 0.879. The lowest BCUT2D eigenvalue weighted by Gasteiger charge is -1.98. The van der Waals surface area contributed by atoms with Crippen LogP contribution in [-0.4, -0.2) is 27.2 Å². The van der Waals surface area contributed by atoms with Crippen molar-refractivity contribution >= 4 is 27.7 Å². The van der Waals surface area contributed by atoms with Crippen molar-refractivity contribution in [3.63, 3.8) is 0 Å². The van der Waals surface area contributed by atoms with Crippen LogP contribution in [0.1, 0.15) is 6.92 Å². The number of rotatable bonds is 4. The van der Waals surface area contributed by atoms with E-state index in [-0.39, 0.29) is 6.10 Å². The van der Waals surface area contributed by atoms with Gasteiger partial charge in [0.1, 0.15) is 0 Å². The molecule has 1 aromatic heterocycles. The van der Waals surface area contributed by atoms with Crippen molar-refractivity contribution in [1.82, 2.24) is 10.2 Å². The smallest absolute Gasteiger partial charge is 0.276 e. The maximum absolute atomic E-state index is 9.15. The SMILES string of the molecule is CC(O)CSc1nnc(-c2ccc(Br)cc2)o1. The second kappa shape index (κ2) is 5.66. The highest BCUT2D eigenvalue weighted by Gasteiger charge is 2.09. The molecule has 1 aromatic carbocycles. The molecule has 17 heavy (non-hydrogen) atoms. The lowest BCUT2D eigenvalue weighted by Crippen LogP contribution is -2.02. The van der Waals surface area contributed by atoms with Gasteiger partial charge in [0.05, 0.1) is 6.10 Å². The number of nitrogens with zero attached hydrogens (tertiary/aromatic N) is 2. The highest BCUT2D eigenvalue weighted by Crippen LogP contribution is 2.24. The van der Waals surface area contributed by atoms with Crippen LogP contribution in [0.4, 0.5) is 0 Å². The van der Waals surface area contributed by atoms with Crippen molar-refractivity contribution in [3.05, 3.63) is 28.7 Å². The molecule has 0 aliphatic heterocycles. The van der Waals surface area contributed by atoms with Gasteiger partial charge in [-0.15, -0.1) is 10.2 Å². The molecule has 4 nitrogen and oxygen atoms in total. The molecule has 0 fully saturated rings. The van der Waals surface area contributed by atoms with Gasteiger partial charge in [-0.2, -0.15) is 0 Å². The van der Waals surface area contributed by atoms with Crippen molar-refractivity contribution in [2.45, 2.75) is 18.3 Å². The van der Waals surface area contributed by atoms with Crippen molar-refractivity contribution in [1.29, 1.82) is 0 Å². The van der Waals surface area contributed by atoms with Crippen LogP contribution < -0.4 is 0 Å². The minimum atomic E-state index is -0.386. The van der Waals surface area contributed by atoms with Gasteiger partial charge in [-0.1, -0.05) is 27.7 Å². The first-order chi connectivity index (χ1) is 8.15. The second-order valence-electron chi connectivity index (χ2n) is 3.54. The number of aromatic nitrogens is 2. The summed E-state index contributed by atoms with van der Waals surface area (Å²) >= 11 is 4.71. The zero-order chi connectivity index (χ0) is 12.3. The second-order valence-corrected chi connectivity index (χ2v) is 5.43. The van der Waals surface area contributed by atoms with E-state index in [1.807, 2.05) is 24.3 Å². The highest BCUT2D eigenvalue weighted by atomic mass is 79.9. The van der Waals surface area contributed by atoms with E-state index in [1.165, 1.54) is 11.8 Å². The zero-order valence-electron chi connectivity index (χ0n) is 9.13. The Morgan fingerprint density at radius 3 is 2.71 bits per heavy atom. The largest absolute Gasteiger partial charge is 0.411 e. The summed E-state index contributed by atoms with van der Waals surface area (Å²) in [7, 11) is 0. The molecule has 0 aliphatic carbocycles. The fourth-order valence-electron chi connectivity index (χ4n) is 1.17. The normalized spacial score (nSPS) is 12.6. The summed E-state index contributed by atoms with van der Waals surface area (Å²) in [6.07, 6.45) is -0.386. The van der Waals surface area contributed by atoms with Crippen molar-refractivity contribution in [2.24, 2.45) is 0 Å². The van der Waals surface area contributed by atoms with E-state index in [0.717, 1.165) is 10.0 Å². The van der Waals surface area contributed by atoms with Gasteiger partial charge in [0.2, 0.25) is 5.89 Å². The van der Waals surface area contributed by atoms with Crippen LogP contribution in [0.5, 0.6) is 0 Å². The van der Waals surface area contributed by atoms with Crippen LogP contribution >= 0.6 is 27.7 Å². The Bertz CT molecular complexity index is 484. The molecule has 0 spiro atoms. The minimum Gasteiger partial charge on any atom is -0.411 e. The van der Waals surface area contributed by atoms with Crippen LogP contribution in [0.3, 0.4) is 0 Å². The number of hydrogen-bond acceptors (Lipinski definition) is 5. The number of aliphatic hydroxyl groups excluding tert-OH is 1. The molecule has 1 unspecified atom stereocenters. The molecular weight excluding hydrogens is 304 g/mol. The summed E-state index contributed by atoms with van der Waals surface area (Å²) in [6, 6.07) is 7.64. The third-order valence-corrected chi connectivity index (χ3v) is 3.54. The third kappa shape index (κ3) is 3.55. The first-order valence-electron chi connectivity index (χ1n) is 5.05. The first kappa shape index (κ1) is 12.6. The first-order valence-corrected chi connectivity index (χ1v) is 6.83. The third-order valence-electron chi connectivity index (χ3n) is 1.95. The van der Waals surface area contributed by atoms with Crippen LogP contribution in [0.15, 0.2) is 38.4 Å². The lowest BCUT2D eigenvalue weighted by molar-refractivity contribution is 0.220. The van der Waals surface area contributed by atoms with E-state index in [2.05, 4.69) is 26.1 Å². The molecule has 1 N–H and O–H groups in total. The molecule has 2 aromatic rings. The fraction of sp³-hybridized carbons (Fsp3) is 0.273. The van der Waals surface area contributed by atoms with Crippen LogP contribution in [0.2, 0.25) is 0 Å². The van der Waals surface area contributed by atoms with Gasteiger partial charge in [0.15, 0.2) is 0 Å². The van der Waals surface area contributed by atoms with Gasteiger partial charge >= 0.3 is 0 Å². The molecule has 90 valence electrons. The average molecular weight is 315 g/mol. The van der Waals surface area contributed by atoms with E-state index in [4.69, 9.17) is 9.52 Å².